The van der Waals surface area contributed by atoms with Crippen LogP contribution < -0.4 is 10.6 Å². The largest absolute Gasteiger partial charge is 0.355 e. The van der Waals surface area contributed by atoms with Crippen molar-refractivity contribution in [3.63, 3.8) is 0 Å². The van der Waals surface area contributed by atoms with Crippen LogP contribution in [0.25, 0.3) is 0 Å². The summed E-state index contributed by atoms with van der Waals surface area (Å²) in [6.45, 7) is 5.01. The fourth-order valence-corrected chi connectivity index (χ4v) is 3.56. The SMILES string of the molecule is CC1CC(C(=O)NCC2CNC2)(c2cccc(Cl)c2)C1. The highest BCUT2D eigenvalue weighted by molar-refractivity contribution is 6.30. The topological polar surface area (TPSA) is 41.1 Å². The number of hydrogen-bond acceptors (Lipinski definition) is 2. The van der Waals surface area contributed by atoms with E-state index in [1.165, 1.54) is 0 Å². The second kappa shape index (κ2) is 5.38. The lowest BCUT2D eigenvalue weighted by atomic mass is 9.58. The Morgan fingerprint density at radius 1 is 1.45 bits per heavy atom. The number of amides is 1. The molecule has 0 atom stereocenters. The molecule has 2 fully saturated rings. The summed E-state index contributed by atoms with van der Waals surface area (Å²) in [5.74, 6) is 1.36. The lowest BCUT2D eigenvalue weighted by Crippen LogP contribution is -2.55. The van der Waals surface area contributed by atoms with Gasteiger partial charge in [-0.1, -0.05) is 30.7 Å². The van der Waals surface area contributed by atoms with Crippen LogP contribution in [0.15, 0.2) is 24.3 Å². The van der Waals surface area contributed by atoms with Gasteiger partial charge in [0, 0.05) is 30.6 Å². The van der Waals surface area contributed by atoms with Crippen LogP contribution in [0.3, 0.4) is 0 Å². The zero-order valence-corrected chi connectivity index (χ0v) is 12.5. The first-order valence-electron chi connectivity index (χ1n) is 7.35. The van der Waals surface area contributed by atoms with E-state index in [0.717, 1.165) is 38.0 Å². The highest BCUT2D eigenvalue weighted by Gasteiger charge is 2.49. The summed E-state index contributed by atoms with van der Waals surface area (Å²) in [6.07, 6.45) is 1.84. The van der Waals surface area contributed by atoms with Gasteiger partial charge in [0.1, 0.15) is 0 Å². The van der Waals surface area contributed by atoms with Crippen molar-refractivity contribution >= 4 is 17.5 Å². The minimum Gasteiger partial charge on any atom is -0.355 e. The van der Waals surface area contributed by atoms with E-state index < -0.39 is 0 Å². The highest BCUT2D eigenvalue weighted by atomic mass is 35.5. The van der Waals surface area contributed by atoms with Crippen LogP contribution in [0.2, 0.25) is 5.02 Å². The van der Waals surface area contributed by atoms with E-state index in [1.54, 1.807) is 0 Å². The van der Waals surface area contributed by atoms with Gasteiger partial charge in [-0.3, -0.25) is 4.79 Å². The Bertz CT molecular complexity index is 507. The molecule has 1 aromatic rings. The Morgan fingerprint density at radius 3 is 2.75 bits per heavy atom. The van der Waals surface area contributed by atoms with Crippen LogP contribution in [0, 0.1) is 11.8 Å². The molecular formula is C16H21ClN2O. The highest BCUT2D eigenvalue weighted by Crippen LogP contribution is 2.48. The molecule has 1 saturated carbocycles. The van der Waals surface area contributed by atoms with Crippen molar-refractivity contribution in [2.24, 2.45) is 11.8 Å². The predicted molar refractivity (Wildman–Crippen MR) is 80.9 cm³/mol. The van der Waals surface area contributed by atoms with E-state index in [4.69, 9.17) is 11.6 Å². The summed E-state index contributed by atoms with van der Waals surface area (Å²) < 4.78 is 0. The molecule has 1 heterocycles. The van der Waals surface area contributed by atoms with E-state index in [-0.39, 0.29) is 11.3 Å². The van der Waals surface area contributed by atoms with Crippen LogP contribution >= 0.6 is 11.6 Å². The number of rotatable bonds is 4. The fraction of sp³-hybridized carbons (Fsp3) is 0.562. The summed E-state index contributed by atoms with van der Waals surface area (Å²) in [6, 6.07) is 7.77. The first-order chi connectivity index (χ1) is 9.60. The molecule has 1 amide bonds. The van der Waals surface area contributed by atoms with Crippen molar-refractivity contribution in [2.75, 3.05) is 19.6 Å². The monoisotopic (exact) mass is 292 g/mol. The van der Waals surface area contributed by atoms with Gasteiger partial charge >= 0.3 is 0 Å². The van der Waals surface area contributed by atoms with Gasteiger partial charge in [0.25, 0.3) is 0 Å². The lowest BCUT2D eigenvalue weighted by Gasteiger charge is -2.46. The van der Waals surface area contributed by atoms with Crippen molar-refractivity contribution in [3.8, 4) is 0 Å². The Balaban J connectivity index is 1.75. The summed E-state index contributed by atoms with van der Waals surface area (Å²) >= 11 is 6.09. The second-order valence-corrected chi connectivity index (χ2v) is 6.78. The van der Waals surface area contributed by atoms with Gasteiger partial charge in [-0.05, 0) is 36.5 Å². The molecule has 1 saturated heterocycles. The third kappa shape index (κ3) is 2.45. The predicted octanol–water partition coefficient (Wildman–Crippen LogP) is 2.34. The van der Waals surface area contributed by atoms with Gasteiger partial charge in [-0.15, -0.1) is 0 Å². The standard InChI is InChI=1S/C16H21ClN2O/c1-11-6-16(7-11,13-3-2-4-14(17)5-13)15(20)19-10-12-8-18-9-12/h2-5,11-12,18H,6-10H2,1H3,(H,19,20). The maximum atomic E-state index is 12.7. The Labute approximate surface area is 125 Å². The van der Waals surface area contributed by atoms with Crippen molar-refractivity contribution in [2.45, 2.75) is 25.2 Å². The summed E-state index contributed by atoms with van der Waals surface area (Å²) in [5.41, 5.74) is 0.703. The van der Waals surface area contributed by atoms with Crippen LogP contribution in [-0.2, 0) is 10.2 Å². The first-order valence-corrected chi connectivity index (χ1v) is 7.73. The maximum absolute atomic E-state index is 12.7. The van der Waals surface area contributed by atoms with Crippen LogP contribution in [-0.4, -0.2) is 25.5 Å². The van der Waals surface area contributed by atoms with Crippen molar-refractivity contribution in [1.82, 2.24) is 10.6 Å². The Hall–Kier alpha value is -1.06. The van der Waals surface area contributed by atoms with Crippen LogP contribution in [0.5, 0.6) is 0 Å². The number of carbonyl (C=O) groups is 1. The zero-order chi connectivity index (χ0) is 14.2. The molecule has 1 aliphatic carbocycles. The minimum absolute atomic E-state index is 0.171. The molecule has 3 rings (SSSR count). The normalized spacial score (nSPS) is 29.4. The first kappa shape index (κ1) is 13.9. The van der Waals surface area contributed by atoms with Crippen LogP contribution in [0.1, 0.15) is 25.3 Å². The molecule has 0 radical (unpaired) electrons. The fourth-order valence-electron chi connectivity index (χ4n) is 3.37. The van der Waals surface area contributed by atoms with Gasteiger partial charge in [-0.25, -0.2) is 0 Å². The number of nitrogens with one attached hydrogen (secondary N) is 2. The van der Waals surface area contributed by atoms with Gasteiger partial charge in [0.2, 0.25) is 5.91 Å². The third-order valence-corrected chi connectivity index (χ3v) is 4.86. The molecule has 1 aromatic carbocycles. The lowest BCUT2D eigenvalue weighted by molar-refractivity contribution is -0.132. The number of benzene rings is 1. The van der Waals surface area contributed by atoms with E-state index in [9.17, 15) is 4.79 Å². The number of hydrogen-bond donors (Lipinski definition) is 2. The van der Waals surface area contributed by atoms with Gasteiger partial charge in [0.05, 0.1) is 5.41 Å². The quantitative estimate of drug-likeness (QED) is 0.894. The average molecular weight is 293 g/mol. The molecule has 1 aliphatic heterocycles. The van der Waals surface area contributed by atoms with Gasteiger partial charge in [0.15, 0.2) is 0 Å². The molecule has 0 aromatic heterocycles. The summed E-state index contributed by atoms with van der Waals surface area (Å²) in [7, 11) is 0. The molecule has 0 unspecified atom stereocenters. The van der Waals surface area contributed by atoms with E-state index in [2.05, 4.69) is 17.6 Å². The molecule has 2 N–H and O–H groups in total. The molecule has 20 heavy (non-hydrogen) atoms. The molecular weight excluding hydrogens is 272 g/mol. The second-order valence-electron chi connectivity index (χ2n) is 6.34. The summed E-state index contributed by atoms with van der Waals surface area (Å²) in [5, 5.41) is 7.08. The molecule has 0 bridgehead atoms. The van der Waals surface area contributed by atoms with Crippen molar-refractivity contribution < 1.29 is 4.79 Å². The number of halogens is 1. The van der Waals surface area contributed by atoms with Crippen LogP contribution in [0.4, 0.5) is 0 Å². The van der Waals surface area contributed by atoms with Gasteiger partial charge in [-0.2, -0.15) is 0 Å². The maximum Gasteiger partial charge on any atom is 0.230 e. The molecule has 3 nitrogen and oxygen atoms in total. The smallest absolute Gasteiger partial charge is 0.230 e. The minimum atomic E-state index is -0.360. The van der Waals surface area contributed by atoms with Gasteiger partial charge < -0.3 is 10.6 Å². The average Bonchev–Trinajstić information content (AvgIpc) is 2.32. The zero-order valence-electron chi connectivity index (χ0n) is 11.8. The Morgan fingerprint density at radius 2 is 2.20 bits per heavy atom. The molecule has 4 heteroatoms. The summed E-state index contributed by atoms with van der Waals surface area (Å²) in [4.78, 5) is 12.7. The molecule has 2 aliphatic rings. The molecule has 108 valence electrons. The Kier molecular flexibility index (Phi) is 3.74. The van der Waals surface area contributed by atoms with E-state index >= 15 is 0 Å². The molecule has 0 spiro atoms. The van der Waals surface area contributed by atoms with E-state index in [1.807, 2.05) is 24.3 Å². The van der Waals surface area contributed by atoms with E-state index in [0.29, 0.717) is 16.9 Å². The van der Waals surface area contributed by atoms with Crippen molar-refractivity contribution in [1.29, 1.82) is 0 Å². The number of carbonyl (C=O) groups excluding carboxylic acids is 1. The third-order valence-electron chi connectivity index (χ3n) is 4.62. The van der Waals surface area contributed by atoms with Crippen molar-refractivity contribution in [3.05, 3.63) is 34.9 Å².